The Kier molecular flexibility index (Phi) is 5.29. The van der Waals surface area contributed by atoms with Crippen LogP contribution in [0.25, 0.3) is 11.3 Å². The topological polar surface area (TPSA) is 66.6 Å². The second-order valence-corrected chi connectivity index (χ2v) is 7.93. The number of nitrogens with one attached hydrogen (secondary N) is 1. The van der Waals surface area contributed by atoms with Gasteiger partial charge < -0.3 is 20.4 Å². The third-order valence-corrected chi connectivity index (χ3v) is 5.56. The molecular weight excluding hydrogens is 427 g/mol. The lowest BCUT2D eigenvalue weighted by molar-refractivity contribution is 0.306. The van der Waals surface area contributed by atoms with Gasteiger partial charge in [0, 0.05) is 28.8 Å². The number of aromatic nitrogens is 1. The number of aromatic amines is 1. The summed E-state index contributed by atoms with van der Waals surface area (Å²) < 4.78 is 19.2. The van der Waals surface area contributed by atoms with Crippen LogP contribution in [0.1, 0.15) is 11.3 Å². The van der Waals surface area contributed by atoms with Gasteiger partial charge in [0.05, 0.1) is 16.4 Å². The number of hydrogen-bond acceptors (Lipinski definition) is 4. The van der Waals surface area contributed by atoms with Crippen molar-refractivity contribution in [1.29, 1.82) is 0 Å². The van der Waals surface area contributed by atoms with E-state index in [4.69, 9.17) is 22.1 Å². The summed E-state index contributed by atoms with van der Waals surface area (Å²) in [5, 5.41) is 0.474. The Morgan fingerprint density at radius 3 is 2.75 bits per heavy atom. The number of anilines is 3. The highest BCUT2D eigenvalue weighted by Crippen LogP contribution is 2.37. The van der Waals surface area contributed by atoms with Crippen molar-refractivity contribution in [1.82, 2.24) is 4.98 Å². The Morgan fingerprint density at radius 1 is 1.06 bits per heavy atom. The number of ether oxygens (including phenoxy) is 1. The van der Waals surface area contributed by atoms with Gasteiger partial charge in [-0.2, -0.15) is 0 Å². The third kappa shape index (κ3) is 4.05. The van der Waals surface area contributed by atoms with Crippen molar-refractivity contribution >= 4 is 34.9 Å². The standard InChI is InChI=1S/C25H20ClFN4O/c26-21-11-20(7-8-25(21)32-14-16-3-1-5-18(27)9-16)31-15-29-13-23-24(31)12-22(30-23)17-4-2-6-19(28)10-17/h1-13,30H,14-15,28H2. The van der Waals surface area contributed by atoms with Gasteiger partial charge in [-0.25, -0.2) is 4.39 Å². The van der Waals surface area contributed by atoms with E-state index in [1.807, 2.05) is 54.7 Å². The Labute approximate surface area is 189 Å². The molecule has 0 radical (unpaired) electrons. The highest BCUT2D eigenvalue weighted by molar-refractivity contribution is 6.32. The average molecular weight is 447 g/mol. The highest BCUT2D eigenvalue weighted by Gasteiger charge is 2.20. The van der Waals surface area contributed by atoms with Crippen molar-refractivity contribution in [3.8, 4) is 17.0 Å². The van der Waals surface area contributed by atoms with Crippen molar-refractivity contribution in [3.63, 3.8) is 0 Å². The zero-order valence-electron chi connectivity index (χ0n) is 17.1. The molecule has 0 saturated heterocycles. The maximum Gasteiger partial charge on any atom is 0.138 e. The average Bonchev–Trinajstić information content (AvgIpc) is 3.23. The summed E-state index contributed by atoms with van der Waals surface area (Å²) in [5.74, 6) is 0.244. The van der Waals surface area contributed by atoms with E-state index in [0.717, 1.165) is 33.9 Å². The molecule has 0 spiro atoms. The van der Waals surface area contributed by atoms with Crippen LogP contribution in [0.2, 0.25) is 5.02 Å². The van der Waals surface area contributed by atoms with Gasteiger partial charge in [-0.1, -0.05) is 35.9 Å². The van der Waals surface area contributed by atoms with E-state index in [0.29, 0.717) is 23.1 Å². The normalized spacial score (nSPS) is 12.6. The summed E-state index contributed by atoms with van der Waals surface area (Å²) in [6.45, 7) is 0.706. The second kappa shape index (κ2) is 8.40. The van der Waals surface area contributed by atoms with Gasteiger partial charge in [0.2, 0.25) is 0 Å². The predicted octanol–water partition coefficient (Wildman–Crippen LogP) is 6.16. The zero-order chi connectivity index (χ0) is 22.1. The molecule has 3 aromatic carbocycles. The van der Waals surface area contributed by atoms with Crippen LogP contribution in [0, 0.1) is 5.82 Å². The fourth-order valence-corrected chi connectivity index (χ4v) is 3.95. The Hall–Kier alpha value is -3.77. The minimum atomic E-state index is -0.293. The van der Waals surface area contributed by atoms with Gasteiger partial charge in [-0.15, -0.1) is 0 Å². The van der Waals surface area contributed by atoms with Crippen LogP contribution < -0.4 is 15.4 Å². The van der Waals surface area contributed by atoms with Crippen molar-refractivity contribution in [2.45, 2.75) is 6.61 Å². The molecule has 1 aromatic heterocycles. The molecule has 7 heteroatoms. The summed E-state index contributed by atoms with van der Waals surface area (Å²) in [6.07, 6.45) is 1.83. The van der Waals surface area contributed by atoms with Crippen LogP contribution in [0.15, 0.2) is 77.8 Å². The molecule has 4 aromatic rings. The fourth-order valence-electron chi connectivity index (χ4n) is 3.72. The van der Waals surface area contributed by atoms with E-state index in [1.54, 1.807) is 6.07 Å². The van der Waals surface area contributed by atoms with Crippen molar-refractivity contribution in [2.75, 3.05) is 17.3 Å². The quantitative estimate of drug-likeness (QED) is 0.360. The maximum absolute atomic E-state index is 13.4. The molecule has 0 saturated carbocycles. The number of fused-ring (bicyclic) bond motifs is 1. The van der Waals surface area contributed by atoms with Crippen LogP contribution in [-0.2, 0) is 6.61 Å². The number of rotatable bonds is 5. The van der Waals surface area contributed by atoms with Gasteiger partial charge in [0.25, 0.3) is 0 Å². The zero-order valence-corrected chi connectivity index (χ0v) is 17.8. The Balaban J connectivity index is 1.39. The van der Waals surface area contributed by atoms with E-state index < -0.39 is 0 Å². The first-order valence-electron chi connectivity index (χ1n) is 10.1. The van der Waals surface area contributed by atoms with Crippen molar-refractivity contribution < 1.29 is 9.13 Å². The molecule has 160 valence electrons. The molecule has 0 unspecified atom stereocenters. The number of H-pyrrole nitrogens is 1. The smallest absolute Gasteiger partial charge is 0.138 e. The number of nitrogen functional groups attached to an aromatic ring is 1. The first-order chi connectivity index (χ1) is 15.6. The van der Waals surface area contributed by atoms with Crippen molar-refractivity contribution in [2.24, 2.45) is 4.99 Å². The van der Waals surface area contributed by atoms with Crippen LogP contribution in [0.5, 0.6) is 5.75 Å². The maximum atomic E-state index is 13.4. The molecule has 1 aliphatic rings. The van der Waals surface area contributed by atoms with Crippen LogP contribution in [0.4, 0.5) is 21.5 Å². The summed E-state index contributed by atoms with van der Waals surface area (Å²) in [4.78, 5) is 9.96. The number of nitrogens with zero attached hydrogens (tertiary/aromatic N) is 2. The largest absolute Gasteiger partial charge is 0.487 e. The van der Waals surface area contributed by atoms with Gasteiger partial charge in [0.15, 0.2) is 0 Å². The molecule has 0 aliphatic carbocycles. The molecule has 0 fully saturated rings. The minimum Gasteiger partial charge on any atom is -0.487 e. The lowest BCUT2D eigenvalue weighted by Gasteiger charge is -2.25. The molecule has 5 rings (SSSR count). The van der Waals surface area contributed by atoms with E-state index >= 15 is 0 Å². The van der Waals surface area contributed by atoms with Crippen LogP contribution in [0.3, 0.4) is 0 Å². The lowest BCUT2D eigenvalue weighted by Crippen LogP contribution is -2.21. The SMILES string of the molecule is Nc1cccc(-c2cc3c([nH]2)C=NCN3c2ccc(OCc3cccc(F)c3)c(Cl)c2)c1. The molecule has 5 nitrogen and oxygen atoms in total. The predicted molar refractivity (Wildman–Crippen MR) is 127 cm³/mol. The number of halogens is 2. The second-order valence-electron chi connectivity index (χ2n) is 7.52. The summed E-state index contributed by atoms with van der Waals surface area (Å²) >= 11 is 6.51. The van der Waals surface area contributed by atoms with Gasteiger partial charge in [-0.05, 0) is 54.1 Å². The molecule has 0 atom stereocenters. The van der Waals surface area contributed by atoms with Crippen molar-refractivity contribution in [3.05, 3.63) is 94.9 Å². The number of aliphatic imine (C=N–C) groups is 1. The fraction of sp³-hybridized carbons (Fsp3) is 0.0800. The number of benzene rings is 3. The molecule has 3 N–H and O–H groups in total. The van der Waals surface area contributed by atoms with Gasteiger partial charge in [-0.3, -0.25) is 4.99 Å². The van der Waals surface area contributed by atoms with E-state index in [9.17, 15) is 4.39 Å². The highest BCUT2D eigenvalue weighted by atomic mass is 35.5. The first-order valence-corrected chi connectivity index (χ1v) is 10.5. The van der Waals surface area contributed by atoms with Crippen LogP contribution >= 0.6 is 11.6 Å². The lowest BCUT2D eigenvalue weighted by atomic mass is 10.1. The number of hydrogen-bond donors (Lipinski definition) is 2. The van der Waals surface area contributed by atoms with E-state index in [2.05, 4.69) is 20.9 Å². The van der Waals surface area contributed by atoms with Crippen LogP contribution in [-0.4, -0.2) is 17.9 Å². The minimum absolute atomic E-state index is 0.232. The van der Waals surface area contributed by atoms with Gasteiger partial charge in [0.1, 0.15) is 24.8 Å². The van der Waals surface area contributed by atoms with Gasteiger partial charge >= 0.3 is 0 Å². The molecule has 2 heterocycles. The molecule has 32 heavy (non-hydrogen) atoms. The Bertz CT molecular complexity index is 1320. The molecule has 0 bridgehead atoms. The summed E-state index contributed by atoms with van der Waals surface area (Å²) in [6, 6.07) is 21.7. The molecule has 1 aliphatic heterocycles. The monoisotopic (exact) mass is 446 g/mol. The number of nitrogens with two attached hydrogens (primary N) is 1. The Morgan fingerprint density at radius 2 is 1.94 bits per heavy atom. The molecule has 0 amide bonds. The third-order valence-electron chi connectivity index (χ3n) is 5.27. The van der Waals surface area contributed by atoms with E-state index in [1.165, 1.54) is 12.1 Å². The first kappa shape index (κ1) is 20.2. The molecular formula is C25H20ClFN4O. The van der Waals surface area contributed by atoms with E-state index in [-0.39, 0.29) is 12.4 Å². The summed E-state index contributed by atoms with van der Waals surface area (Å²) in [5.41, 5.74) is 12.2. The summed E-state index contributed by atoms with van der Waals surface area (Å²) in [7, 11) is 0.